The van der Waals surface area contributed by atoms with Crippen LogP contribution in [-0.2, 0) is 0 Å². The Labute approximate surface area is 146 Å². The van der Waals surface area contributed by atoms with Crippen molar-refractivity contribution in [1.29, 1.82) is 0 Å². The molecule has 0 saturated heterocycles. The van der Waals surface area contributed by atoms with Gasteiger partial charge in [0.1, 0.15) is 0 Å². The van der Waals surface area contributed by atoms with E-state index < -0.39 is 29.2 Å². The van der Waals surface area contributed by atoms with Gasteiger partial charge in [-0.25, -0.2) is 9.59 Å². The van der Waals surface area contributed by atoms with E-state index in [-0.39, 0.29) is 28.4 Å². The summed E-state index contributed by atoms with van der Waals surface area (Å²) in [5.74, 6) is -4.51. The summed E-state index contributed by atoms with van der Waals surface area (Å²) in [6, 6.07) is 4.13. The maximum Gasteiger partial charge on any atom is 0.335 e. The van der Waals surface area contributed by atoms with Gasteiger partial charge in [-0.15, -0.1) is 0 Å². The molecule has 0 aliphatic rings. The Kier molecular flexibility index (Phi) is 6.48. The van der Waals surface area contributed by atoms with E-state index in [1.807, 2.05) is 0 Å². The van der Waals surface area contributed by atoms with Gasteiger partial charge in [-0.2, -0.15) is 0 Å². The van der Waals surface area contributed by atoms with Crippen molar-refractivity contribution in [1.82, 2.24) is 0 Å². The molecule has 0 unspecified atom stereocenters. The minimum absolute atomic E-state index is 0.00324. The Morgan fingerprint density at radius 1 is 0.692 bits per heavy atom. The highest BCUT2D eigenvalue weighted by Crippen LogP contribution is 2.37. The second-order valence-electron chi connectivity index (χ2n) is 4.70. The number of rotatable bonds is 4. The minimum atomic E-state index is -1.29. The Balaban J connectivity index is 0.000000263. The predicted octanol–water partition coefficient (Wildman–Crippen LogP) is 1.61. The van der Waals surface area contributed by atoms with Gasteiger partial charge >= 0.3 is 11.9 Å². The number of phenols is 4. The number of ether oxygens (including phenoxy) is 2. The Hall–Kier alpha value is -3.82. The molecule has 26 heavy (non-hydrogen) atoms. The monoisotopic (exact) mass is 368 g/mol. The van der Waals surface area contributed by atoms with Crippen LogP contribution in [0, 0.1) is 0 Å². The summed E-state index contributed by atoms with van der Waals surface area (Å²) in [5, 5.41) is 53.1. The van der Waals surface area contributed by atoms with Crippen LogP contribution in [0.25, 0.3) is 0 Å². The number of phenolic OH excluding ortho intramolecular Hbond substituents is 4. The van der Waals surface area contributed by atoms with Crippen molar-refractivity contribution in [3.05, 3.63) is 35.4 Å². The van der Waals surface area contributed by atoms with Crippen molar-refractivity contribution in [3.8, 4) is 34.5 Å². The number of carboxylic acid groups (broad SMARTS) is 2. The van der Waals surface area contributed by atoms with Gasteiger partial charge in [-0.05, 0) is 24.3 Å². The molecule has 0 amide bonds. The van der Waals surface area contributed by atoms with Gasteiger partial charge in [0.2, 0.25) is 5.75 Å². The van der Waals surface area contributed by atoms with Gasteiger partial charge in [0.05, 0.1) is 25.3 Å². The topological polar surface area (TPSA) is 174 Å². The molecule has 0 radical (unpaired) electrons. The van der Waals surface area contributed by atoms with Crippen LogP contribution in [0.1, 0.15) is 20.7 Å². The van der Waals surface area contributed by atoms with Crippen molar-refractivity contribution in [2.75, 3.05) is 14.2 Å². The van der Waals surface area contributed by atoms with Crippen molar-refractivity contribution in [2.45, 2.75) is 0 Å². The predicted molar refractivity (Wildman–Crippen MR) is 86.6 cm³/mol. The fourth-order valence-corrected chi connectivity index (χ4v) is 1.74. The first-order chi connectivity index (χ1) is 12.1. The summed E-state index contributed by atoms with van der Waals surface area (Å²) in [6.45, 7) is 0. The van der Waals surface area contributed by atoms with Crippen LogP contribution in [0.2, 0.25) is 0 Å². The second-order valence-corrected chi connectivity index (χ2v) is 4.70. The number of methoxy groups -OCH3 is 2. The lowest BCUT2D eigenvalue weighted by molar-refractivity contribution is 0.0685. The zero-order chi connectivity index (χ0) is 20.0. The zero-order valence-corrected chi connectivity index (χ0v) is 13.6. The summed E-state index contributed by atoms with van der Waals surface area (Å²) in [5.41, 5.74) is -0.292. The van der Waals surface area contributed by atoms with Crippen molar-refractivity contribution in [2.24, 2.45) is 0 Å². The third-order valence-electron chi connectivity index (χ3n) is 3.04. The average molecular weight is 368 g/mol. The number of carboxylic acids is 2. The van der Waals surface area contributed by atoms with Crippen LogP contribution in [0.3, 0.4) is 0 Å². The highest BCUT2D eigenvalue weighted by Gasteiger charge is 2.14. The molecule has 2 aromatic carbocycles. The normalized spacial score (nSPS) is 9.62. The smallest absolute Gasteiger partial charge is 0.335 e. The first kappa shape index (κ1) is 20.2. The van der Waals surface area contributed by atoms with E-state index in [0.717, 1.165) is 12.1 Å². The molecular formula is C16H16O10. The van der Waals surface area contributed by atoms with E-state index in [1.165, 1.54) is 26.4 Å². The summed E-state index contributed by atoms with van der Waals surface area (Å²) in [7, 11) is 2.67. The Morgan fingerprint density at radius 3 is 1.35 bits per heavy atom. The first-order valence-electron chi connectivity index (χ1n) is 6.78. The van der Waals surface area contributed by atoms with Gasteiger partial charge in [0.15, 0.2) is 28.7 Å². The van der Waals surface area contributed by atoms with Crippen LogP contribution in [0.5, 0.6) is 34.5 Å². The molecule has 0 fully saturated rings. The number of aromatic hydroxyl groups is 4. The molecule has 0 saturated carbocycles. The zero-order valence-electron chi connectivity index (χ0n) is 13.6. The van der Waals surface area contributed by atoms with E-state index in [0.29, 0.717) is 0 Å². The van der Waals surface area contributed by atoms with Gasteiger partial charge in [0, 0.05) is 0 Å². The Morgan fingerprint density at radius 2 is 1.04 bits per heavy atom. The lowest BCUT2D eigenvalue weighted by Gasteiger charge is -2.08. The molecule has 6 N–H and O–H groups in total. The fourth-order valence-electron chi connectivity index (χ4n) is 1.74. The standard InChI is InChI=1S/C9H10O5.C7H6O5/c1-13-6-3-5(9(11)12)4-7(14-2)8(6)10;8-4-1-3(7(11)12)2-5(9)6(4)10/h3-4,10H,1-2H3,(H,11,12);1-2,8-10H,(H,11,12). The van der Waals surface area contributed by atoms with E-state index in [4.69, 9.17) is 35.0 Å². The molecule has 2 aromatic rings. The summed E-state index contributed by atoms with van der Waals surface area (Å²) < 4.78 is 9.57. The van der Waals surface area contributed by atoms with E-state index in [2.05, 4.69) is 0 Å². The van der Waals surface area contributed by atoms with E-state index >= 15 is 0 Å². The molecule has 10 heteroatoms. The number of benzene rings is 2. The molecule has 0 aliphatic heterocycles. The minimum Gasteiger partial charge on any atom is -0.504 e. The SMILES string of the molecule is COc1cc(C(=O)O)cc(OC)c1O.O=C(O)c1cc(O)c(O)c(O)c1. The number of hydrogen-bond donors (Lipinski definition) is 6. The van der Waals surface area contributed by atoms with Crippen molar-refractivity contribution in [3.63, 3.8) is 0 Å². The van der Waals surface area contributed by atoms with Crippen LogP contribution in [0.4, 0.5) is 0 Å². The number of hydrogen-bond acceptors (Lipinski definition) is 8. The first-order valence-corrected chi connectivity index (χ1v) is 6.78. The quantitative estimate of drug-likeness (QED) is 0.435. The van der Waals surface area contributed by atoms with Gasteiger partial charge in [-0.3, -0.25) is 0 Å². The van der Waals surface area contributed by atoms with E-state index in [1.54, 1.807) is 0 Å². The highest BCUT2D eigenvalue weighted by molar-refractivity contribution is 5.90. The molecule has 0 bridgehead atoms. The van der Waals surface area contributed by atoms with Crippen LogP contribution in [0.15, 0.2) is 24.3 Å². The maximum atomic E-state index is 10.7. The third-order valence-corrected chi connectivity index (χ3v) is 3.04. The Bertz CT molecular complexity index is 780. The summed E-state index contributed by atoms with van der Waals surface area (Å²) in [4.78, 5) is 21.0. The van der Waals surface area contributed by atoms with Gasteiger partial charge in [-0.1, -0.05) is 0 Å². The summed E-state index contributed by atoms with van der Waals surface area (Å²) >= 11 is 0. The lowest BCUT2D eigenvalue weighted by Crippen LogP contribution is -1.98. The molecule has 0 aromatic heterocycles. The molecule has 0 spiro atoms. The molecule has 0 aliphatic carbocycles. The van der Waals surface area contributed by atoms with Gasteiger partial charge in [0.25, 0.3) is 0 Å². The number of aromatic carboxylic acids is 2. The fraction of sp³-hybridized carbons (Fsp3) is 0.125. The number of carbonyl (C=O) groups is 2. The highest BCUT2D eigenvalue weighted by atomic mass is 16.5. The molecule has 10 nitrogen and oxygen atoms in total. The van der Waals surface area contributed by atoms with Crippen molar-refractivity contribution < 1.29 is 49.7 Å². The lowest BCUT2D eigenvalue weighted by atomic mass is 10.2. The van der Waals surface area contributed by atoms with E-state index in [9.17, 15) is 14.7 Å². The molecule has 2 rings (SSSR count). The molecular weight excluding hydrogens is 352 g/mol. The van der Waals surface area contributed by atoms with Crippen LogP contribution < -0.4 is 9.47 Å². The van der Waals surface area contributed by atoms with Crippen LogP contribution >= 0.6 is 0 Å². The molecule has 0 heterocycles. The summed E-state index contributed by atoms with van der Waals surface area (Å²) in [6.07, 6.45) is 0. The third kappa shape index (κ3) is 4.60. The largest absolute Gasteiger partial charge is 0.504 e. The molecule has 0 atom stereocenters. The van der Waals surface area contributed by atoms with Gasteiger partial charge < -0.3 is 40.1 Å². The second kappa shape index (κ2) is 8.33. The maximum absolute atomic E-state index is 10.7. The van der Waals surface area contributed by atoms with Crippen LogP contribution in [-0.4, -0.2) is 56.8 Å². The average Bonchev–Trinajstić information content (AvgIpc) is 2.59. The molecule has 140 valence electrons. The van der Waals surface area contributed by atoms with Crippen molar-refractivity contribution >= 4 is 11.9 Å².